The van der Waals surface area contributed by atoms with Gasteiger partial charge in [0.15, 0.2) is 17.7 Å². The fourth-order valence-electron chi connectivity index (χ4n) is 2.48. The van der Waals surface area contributed by atoms with Crippen LogP contribution >= 0.6 is 7.60 Å². The first kappa shape index (κ1) is 16.0. The van der Waals surface area contributed by atoms with Gasteiger partial charge in [0.1, 0.15) is 17.9 Å². The molecular weight excluding hydrogens is 325 g/mol. The summed E-state index contributed by atoms with van der Waals surface area (Å²) in [5.41, 5.74) is 1.04. The van der Waals surface area contributed by atoms with Gasteiger partial charge in [0.2, 0.25) is 0 Å². The van der Waals surface area contributed by atoms with E-state index in [1.807, 2.05) is 0 Å². The number of rotatable bonds is 4. The first-order valence-electron chi connectivity index (χ1n) is 6.82. The fourth-order valence-corrected chi connectivity index (χ4v) is 2.90. The molecule has 23 heavy (non-hydrogen) atoms. The topological polar surface area (TPSA) is 143 Å². The Balaban J connectivity index is 1.88. The molecule has 3 heterocycles. The van der Waals surface area contributed by atoms with E-state index < -0.39 is 26.0 Å². The number of aliphatic hydroxyl groups excluding tert-OH is 1. The lowest BCUT2D eigenvalue weighted by Crippen LogP contribution is -2.19. The first-order chi connectivity index (χ1) is 10.9. The van der Waals surface area contributed by atoms with Gasteiger partial charge in [-0.05, 0) is 6.08 Å². The van der Waals surface area contributed by atoms with Crippen molar-refractivity contribution in [1.29, 1.82) is 0 Å². The van der Waals surface area contributed by atoms with Gasteiger partial charge in [-0.2, -0.15) is 0 Å². The van der Waals surface area contributed by atoms with Crippen molar-refractivity contribution in [3.8, 4) is 0 Å². The predicted molar refractivity (Wildman–Crippen MR) is 80.6 cm³/mol. The Kier molecular flexibility index (Phi) is 4.17. The van der Waals surface area contributed by atoms with Crippen LogP contribution in [-0.2, 0) is 9.30 Å². The van der Waals surface area contributed by atoms with E-state index in [9.17, 15) is 9.67 Å². The van der Waals surface area contributed by atoms with Crippen molar-refractivity contribution < 1.29 is 24.2 Å². The molecule has 1 aliphatic rings. The van der Waals surface area contributed by atoms with Crippen molar-refractivity contribution in [3.63, 3.8) is 0 Å². The number of anilines is 1. The van der Waals surface area contributed by atoms with Crippen LogP contribution in [0.25, 0.3) is 11.2 Å². The number of aromatic nitrogens is 4. The molecule has 0 aliphatic carbocycles. The van der Waals surface area contributed by atoms with Crippen molar-refractivity contribution in [2.24, 2.45) is 0 Å². The Hall–Kier alpha value is -1.84. The molecule has 3 atom stereocenters. The summed E-state index contributed by atoms with van der Waals surface area (Å²) < 4.78 is 18.1. The summed E-state index contributed by atoms with van der Waals surface area (Å²) >= 11 is 0. The van der Waals surface area contributed by atoms with Crippen molar-refractivity contribution in [2.45, 2.75) is 24.9 Å². The molecule has 4 N–H and O–H groups in total. The Labute approximate surface area is 131 Å². The molecule has 0 unspecified atom stereocenters. The highest BCUT2D eigenvalue weighted by atomic mass is 31.2. The molecule has 0 bridgehead atoms. The highest BCUT2D eigenvalue weighted by molar-refractivity contribution is 7.55. The molecular formula is C12H16N5O5P. The minimum absolute atomic E-state index is 0.213. The second-order valence-corrected chi connectivity index (χ2v) is 6.57. The van der Waals surface area contributed by atoms with Gasteiger partial charge < -0.3 is 24.9 Å². The van der Waals surface area contributed by atoms with Crippen LogP contribution in [0.2, 0.25) is 0 Å². The highest BCUT2D eigenvalue weighted by Crippen LogP contribution is 2.38. The van der Waals surface area contributed by atoms with E-state index in [0.717, 1.165) is 5.82 Å². The summed E-state index contributed by atoms with van der Waals surface area (Å²) in [6, 6.07) is 0. The van der Waals surface area contributed by atoms with Gasteiger partial charge in [-0.1, -0.05) is 0 Å². The van der Waals surface area contributed by atoms with Crippen LogP contribution in [0.15, 0.2) is 24.5 Å². The number of aliphatic hydroxyl groups is 1. The lowest BCUT2D eigenvalue weighted by atomic mass is 10.2. The second kappa shape index (κ2) is 5.99. The number of imidazole rings is 1. The molecule has 124 valence electrons. The van der Waals surface area contributed by atoms with Crippen molar-refractivity contribution in [1.82, 2.24) is 19.5 Å². The summed E-state index contributed by atoms with van der Waals surface area (Å²) in [6.45, 7) is 0. The molecule has 3 rings (SSSR count). The SMILES string of the molecule is CNc1ncnc2c1ncn2[C@@H]1O[C@H](C=CP(=O)(O)O)C[C@H]1O. The average Bonchev–Trinajstić information content (AvgIpc) is 3.07. The van der Waals surface area contributed by atoms with Crippen LogP contribution in [0, 0.1) is 0 Å². The highest BCUT2D eigenvalue weighted by Gasteiger charge is 2.35. The first-order valence-corrected chi connectivity index (χ1v) is 8.50. The lowest BCUT2D eigenvalue weighted by molar-refractivity contribution is -0.0227. The van der Waals surface area contributed by atoms with Crippen molar-refractivity contribution in [3.05, 3.63) is 24.5 Å². The molecule has 1 saturated heterocycles. The summed E-state index contributed by atoms with van der Waals surface area (Å²) in [5.74, 6) is 1.33. The number of fused-ring (bicyclic) bond motifs is 1. The molecule has 0 amide bonds. The summed E-state index contributed by atoms with van der Waals surface area (Å²) in [6.07, 6.45) is 2.13. The number of hydrogen-bond acceptors (Lipinski definition) is 7. The third kappa shape index (κ3) is 3.26. The Morgan fingerprint density at radius 1 is 1.43 bits per heavy atom. The number of ether oxygens (including phenoxy) is 1. The smallest absolute Gasteiger partial charge is 0.348 e. The molecule has 10 nitrogen and oxygen atoms in total. The third-order valence-corrected chi connectivity index (χ3v) is 4.04. The van der Waals surface area contributed by atoms with E-state index >= 15 is 0 Å². The molecule has 1 fully saturated rings. The van der Waals surface area contributed by atoms with E-state index in [2.05, 4.69) is 20.3 Å². The number of nitrogens with one attached hydrogen (secondary N) is 1. The van der Waals surface area contributed by atoms with Crippen LogP contribution in [-0.4, -0.2) is 53.7 Å². The second-order valence-electron chi connectivity index (χ2n) is 5.10. The zero-order chi connectivity index (χ0) is 16.6. The normalized spacial score (nSPS) is 25.5. The van der Waals surface area contributed by atoms with Gasteiger partial charge in [0.25, 0.3) is 0 Å². The van der Waals surface area contributed by atoms with Crippen LogP contribution in [0.1, 0.15) is 12.6 Å². The van der Waals surface area contributed by atoms with Gasteiger partial charge >= 0.3 is 7.60 Å². The third-order valence-electron chi connectivity index (χ3n) is 3.48. The Morgan fingerprint density at radius 2 is 2.22 bits per heavy atom. The molecule has 0 spiro atoms. The molecule has 2 aromatic rings. The van der Waals surface area contributed by atoms with E-state index in [1.165, 1.54) is 18.7 Å². The van der Waals surface area contributed by atoms with Gasteiger partial charge in [0.05, 0.1) is 12.4 Å². The molecule has 0 radical (unpaired) electrons. The van der Waals surface area contributed by atoms with Crippen molar-refractivity contribution >= 4 is 24.6 Å². The van der Waals surface area contributed by atoms with Crippen LogP contribution in [0.3, 0.4) is 0 Å². The quantitative estimate of drug-likeness (QED) is 0.574. The van der Waals surface area contributed by atoms with Gasteiger partial charge in [-0.25, -0.2) is 15.0 Å². The van der Waals surface area contributed by atoms with Gasteiger partial charge in [-0.3, -0.25) is 9.13 Å². The Bertz CT molecular complexity index is 787. The van der Waals surface area contributed by atoms with Crippen molar-refractivity contribution in [2.75, 3.05) is 12.4 Å². The fraction of sp³-hybridized carbons (Fsp3) is 0.417. The van der Waals surface area contributed by atoms with Gasteiger partial charge in [0, 0.05) is 19.3 Å². The summed E-state index contributed by atoms with van der Waals surface area (Å²) in [5, 5.41) is 13.1. The molecule has 0 saturated carbocycles. The zero-order valence-corrected chi connectivity index (χ0v) is 13.0. The van der Waals surface area contributed by atoms with Crippen LogP contribution in [0.4, 0.5) is 5.82 Å². The molecule has 0 aromatic carbocycles. The monoisotopic (exact) mass is 341 g/mol. The minimum Gasteiger partial charge on any atom is -0.388 e. The van der Waals surface area contributed by atoms with E-state index in [0.29, 0.717) is 17.0 Å². The van der Waals surface area contributed by atoms with Crippen LogP contribution in [0.5, 0.6) is 0 Å². The standard InChI is InChI=1S/C12H16N5O5P/c1-13-10-9-11(15-5-14-10)17(6-16-9)12-8(18)4-7(22-12)2-3-23(19,20)21/h2-3,5-8,12,18H,4H2,1H3,(H,13,14,15)(H2,19,20,21)/t7-,8-,12-/m1/s1. The van der Waals surface area contributed by atoms with Gasteiger partial charge in [-0.15, -0.1) is 0 Å². The molecule has 11 heteroatoms. The predicted octanol–water partition coefficient (Wildman–Crippen LogP) is 0.208. The lowest BCUT2D eigenvalue weighted by Gasteiger charge is -2.16. The maximum Gasteiger partial charge on any atom is 0.348 e. The van der Waals surface area contributed by atoms with E-state index in [-0.39, 0.29) is 6.42 Å². The number of hydrogen-bond donors (Lipinski definition) is 4. The van der Waals surface area contributed by atoms with E-state index in [4.69, 9.17) is 14.5 Å². The number of nitrogens with zero attached hydrogens (tertiary/aromatic N) is 4. The Morgan fingerprint density at radius 3 is 2.91 bits per heavy atom. The van der Waals surface area contributed by atoms with E-state index in [1.54, 1.807) is 11.6 Å². The average molecular weight is 341 g/mol. The zero-order valence-electron chi connectivity index (χ0n) is 12.1. The maximum atomic E-state index is 10.9. The minimum atomic E-state index is -4.26. The van der Waals surface area contributed by atoms with Crippen LogP contribution < -0.4 is 5.32 Å². The molecule has 2 aromatic heterocycles. The maximum absolute atomic E-state index is 10.9. The summed E-state index contributed by atoms with van der Waals surface area (Å²) in [4.78, 5) is 30.2. The molecule has 1 aliphatic heterocycles. The summed E-state index contributed by atoms with van der Waals surface area (Å²) in [7, 11) is -2.54. The largest absolute Gasteiger partial charge is 0.388 e.